The molecule has 1 aliphatic heterocycles. The normalized spacial score (nSPS) is 25.5. The van der Waals surface area contributed by atoms with Crippen LogP contribution in [0.25, 0.3) is 0 Å². The van der Waals surface area contributed by atoms with E-state index in [9.17, 15) is 0 Å². The fourth-order valence-corrected chi connectivity index (χ4v) is 3.63. The fraction of sp³-hybridized carbons (Fsp3) is 0.786. The number of nitrogens with one attached hydrogen (secondary N) is 2. The van der Waals surface area contributed by atoms with Gasteiger partial charge in [0.1, 0.15) is 5.01 Å². The maximum atomic E-state index is 4.56. The minimum absolute atomic E-state index is 0.329. The number of aryl methyl sites for hydroxylation is 1. The first-order chi connectivity index (χ1) is 8.65. The summed E-state index contributed by atoms with van der Waals surface area (Å²) < 4.78 is 0. The van der Waals surface area contributed by atoms with Gasteiger partial charge in [0.15, 0.2) is 0 Å². The van der Waals surface area contributed by atoms with Gasteiger partial charge in [-0.25, -0.2) is 4.98 Å². The third-order valence-corrected chi connectivity index (χ3v) is 4.96. The van der Waals surface area contributed by atoms with Gasteiger partial charge in [-0.3, -0.25) is 0 Å². The first-order valence-corrected chi connectivity index (χ1v) is 7.93. The predicted octanol–water partition coefficient (Wildman–Crippen LogP) is 3.02. The van der Waals surface area contributed by atoms with Gasteiger partial charge in [0.2, 0.25) is 0 Å². The first-order valence-electron chi connectivity index (χ1n) is 7.06. The highest BCUT2D eigenvalue weighted by Gasteiger charge is 2.32. The molecule has 1 aromatic heterocycles. The minimum atomic E-state index is 0.329. The first kappa shape index (κ1) is 14.0. The van der Waals surface area contributed by atoms with Crippen molar-refractivity contribution in [2.45, 2.75) is 58.0 Å². The summed E-state index contributed by atoms with van der Waals surface area (Å²) in [6, 6.07) is 0.361. The Morgan fingerprint density at radius 2 is 2.44 bits per heavy atom. The van der Waals surface area contributed by atoms with E-state index < -0.39 is 0 Å². The number of aromatic nitrogens is 1. The molecule has 0 radical (unpaired) electrons. The van der Waals surface area contributed by atoms with Gasteiger partial charge in [0.05, 0.1) is 6.04 Å². The summed E-state index contributed by atoms with van der Waals surface area (Å²) in [6.07, 6.45) is 5.13. The van der Waals surface area contributed by atoms with E-state index >= 15 is 0 Å². The molecule has 2 unspecified atom stereocenters. The third-order valence-electron chi connectivity index (χ3n) is 3.81. The van der Waals surface area contributed by atoms with Crippen molar-refractivity contribution in [3.63, 3.8) is 0 Å². The van der Waals surface area contributed by atoms with Crippen LogP contribution >= 0.6 is 11.3 Å². The lowest BCUT2D eigenvalue weighted by molar-refractivity contribution is 0.313. The molecular weight excluding hydrogens is 242 g/mol. The highest BCUT2D eigenvalue weighted by Crippen LogP contribution is 2.25. The molecule has 2 N–H and O–H groups in total. The van der Waals surface area contributed by atoms with E-state index in [4.69, 9.17) is 0 Å². The van der Waals surface area contributed by atoms with E-state index in [-0.39, 0.29) is 0 Å². The van der Waals surface area contributed by atoms with Crippen LogP contribution in [0.4, 0.5) is 0 Å². The van der Waals surface area contributed by atoms with Gasteiger partial charge in [-0.15, -0.1) is 11.3 Å². The van der Waals surface area contributed by atoms with Crippen molar-refractivity contribution in [3.05, 3.63) is 16.1 Å². The molecule has 2 atom stereocenters. The smallest absolute Gasteiger partial charge is 0.110 e. The monoisotopic (exact) mass is 267 g/mol. The second-order valence-electron chi connectivity index (χ2n) is 5.49. The molecular formula is C14H25N3S. The van der Waals surface area contributed by atoms with Crippen LogP contribution in [0.3, 0.4) is 0 Å². The Hall–Kier alpha value is -0.450. The molecule has 0 amide bonds. The molecule has 0 aromatic carbocycles. The molecule has 3 nitrogen and oxygen atoms in total. The SMILES string of the molecule is CCCC1(CNC(C)c2nc(C)cs2)CCCN1. The summed E-state index contributed by atoms with van der Waals surface area (Å²) in [5.74, 6) is 0. The van der Waals surface area contributed by atoms with E-state index in [1.165, 1.54) is 37.2 Å². The van der Waals surface area contributed by atoms with Crippen molar-refractivity contribution in [2.75, 3.05) is 13.1 Å². The zero-order chi connectivity index (χ0) is 13.0. The summed E-state index contributed by atoms with van der Waals surface area (Å²) in [5.41, 5.74) is 1.46. The summed E-state index contributed by atoms with van der Waals surface area (Å²) >= 11 is 1.76. The van der Waals surface area contributed by atoms with Crippen molar-refractivity contribution in [2.24, 2.45) is 0 Å². The Balaban J connectivity index is 1.89. The maximum absolute atomic E-state index is 4.56. The lowest BCUT2D eigenvalue weighted by Crippen LogP contribution is -2.48. The van der Waals surface area contributed by atoms with Crippen molar-refractivity contribution in [1.29, 1.82) is 0 Å². The molecule has 102 valence electrons. The summed E-state index contributed by atoms with van der Waals surface area (Å²) in [5, 5.41) is 10.7. The van der Waals surface area contributed by atoms with Crippen LogP contribution < -0.4 is 10.6 Å². The van der Waals surface area contributed by atoms with Gasteiger partial charge >= 0.3 is 0 Å². The lowest BCUT2D eigenvalue weighted by atomic mass is 9.91. The largest absolute Gasteiger partial charge is 0.310 e. The molecule has 1 fully saturated rings. The number of nitrogens with zero attached hydrogens (tertiary/aromatic N) is 1. The van der Waals surface area contributed by atoms with Crippen LogP contribution in [0.5, 0.6) is 0 Å². The van der Waals surface area contributed by atoms with Gasteiger partial charge in [0, 0.05) is 23.2 Å². The average Bonchev–Trinajstić information content (AvgIpc) is 2.97. The Morgan fingerprint density at radius 3 is 3.00 bits per heavy atom. The molecule has 2 rings (SSSR count). The van der Waals surface area contributed by atoms with Gasteiger partial charge < -0.3 is 10.6 Å². The van der Waals surface area contributed by atoms with E-state index in [1.54, 1.807) is 11.3 Å². The Morgan fingerprint density at radius 1 is 1.61 bits per heavy atom. The van der Waals surface area contributed by atoms with Crippen molar-refractivity contribution in [3.8, 4) is 0 Å². The Kier molecular flexibility index (Phi) is 4.76. The second kappa shape index (κ2) is 6.13. The quantitative estimate of drug-likeness (QED) is 0.832. The standard InChI is InChI=1S/C14H25N3S/c1-4-6-14(7-5-8-16-14)10-15-12(3)13-17-11(2)9-18-13/h9,12,15-16H,4-8,10H2,1-3H3. The molecule has 0 spiro atoms. The van der Waals surface area contributed by atoms with Crippen molar-refractivity contribution in [1.82, 2.24) is 15.6 Å². The molecule has 18 heavy (non-hydrogen) atoms. The van der Waals surface area contributed by atoms with E-state index in [0.29, 0.717) is 11.6 Å². The van der Waals surface area contributed by atoms with E-state index in [2.05, 4.69) is 41.8 Å². The molecule has 4 heteroatoms. The van der Waals surface area contributed by atoms with Crippen molar-refractivity contribution >= 4 is 11.3 Å². The van der Waals surface area contributed by atoms with Crippen LogP contribution in [0.15, 0.2) is 5.38 Å². The van der Waals surface area contributed by atoms with E-state index in [0.717, 1.165) is 12.2 Å². The highest BCUT2D eigenvalue weighted by atomic mass is 32.1. The summed E-state index contributed by atoms with van der Waals surface area (Å²) in [6.45, 7) is 8.78. The predicted molar refractivity (Wildman–Crippen MR) is 78.1 cm³/mol. The van der Waals surface area contributed by atoms with Crippen LogP contribution in [0.1, 0.15) is 56.3 Å². The molecule has 1 aliphatic rings. The highest BCUT2D eigenvalue weighted by molar-refractivity contribution is 7.09. The van der Waals surface area contributed by atoms with Crippen molar-refractivity contribution < 1.29 is 0 Å². The number of thiazole rings is 1. The average molecular weight is 267 g/mol. The molecule has 1 saturated heterocycles. The van der Waals surface area contributed by atoms with Gasteiger partial charge in [-0.05, 0) is 39.7 Å². The molecule has 0 saturated carbocycles. The number of rotatable bonds is 6. The van der Waals surface area contributed by atoms with Crippen LogP contribution in [0, 0.1) is 6.92 Å². The lowest BCUT2D eigenvalue weighted by Gasteiger charge is -2.31. The maximum Gasteiger partial charge on any atom is 0.110 e. The minimum Gasteiger partial charge on any atom is -0.310 e. The van der Waals surface area contributed by atoms with Crippen LogP contribution in [-0.4, -0.2) is 23.6 Å². The number of hydrogen-bond acceptors (Lipinski definition) is 4. The Bertz CT molecular complexity index is 369. The zero-order valence-corrected chi connectivity index (χ0v) is 12.6. The summed E-state index contributed by atoms with van der Waals surface area (Å²) in [7, 11) is 0. The topological polar surface area (TPSA) is 37.0 Å². The second-order valence-corrected chi connectivity index (χ2v) is 6.38. The van der Waals surface area contributed by atoms with Crippen LogP contribution in [-0.2, 0) is 0 Å². The number of hydrogen-bond donors (Lipinski definition) is 2. The molecule has 1 aromatic rings. The fourth-order valence-electron chi connectivity index (χ4n) is 2.81. The van der Waals surface area contributed by atoms with E-state index in [1.807, 2.05) is 0 Å². The molecule has 0 bridgehead atoms. The van der Waals surface area contributed by atoms with Gasteiger partial charge in [-0.2, -0.15) is 0 Å². The Labute approximate surface area is 114 Å². The van der Waals surface area contributed by atoms with Crippen LogP contribution in [0.2, 0.25) is 0 Å². The molecule has 0 aliphatic carbocycles. The van der Waals surface area contributed by atoms with Gasteiger partial charge in [-0.1, -0.05) is 13.3 Å². The van der Waals surface area contributed by atoms with Gasteiger partial charge in [0.25, 0.3) is 0 Å². The molecule has 2 heterocycles. The summed E-state index contributed by atoms with van der Waals surface area (Å²) in [4.78, 5) is 4.56. The zero-order valence-electron chi connectivity index (χ0n) is 11.8. The third kappa shape index (κ3) is 3.31.